The smallest absolute Gasteiger partial charge is 0.139 e. The van der Waals surface area contributed by atoms with E-state index in [4.69, 9.17) is 4.42 Å². The summed E-state index contributed by atoms with van der Waals surface area (Å²) in [6.07, 6.45) is 0. The van der Waals surface area contributed by atoms with Crippen LogP contribution in [0, 0.1) is 0 Å². The summed E-state index contributed by atoms with van der Waals surface area (Å²) in [6, 6.07) is 55.6. The van der Waals surface area contributed by atoms with E-state index in [0.29, 0.717) is 0 Å². The fourth-order valence-electron chi connectivity index (χ4n) is 9.02. The van der Waals surface area contributed by atoms with Crippen molar-refractivity contribution in [2.45, 2.75) is 0 Å². The highest BCUT2D eigenvalue weighted by Crippen LogP contribution is 2.46. The zero-order chi connectivity index (χ0) is 36.7. The quantitative estimate of drug-likeness (QED) is 0.188. The van der Waals surface area contributed by atoms with Gasteiger partial charge in [0, 0.05) is 10.8 Å². The van der Waals surface area contributed by atoms with Crippen LogP contribution in [0.25, 0.3) is 98.8 Å². The number of hydrogen-bond acceptors (Lipinski definition) is 1. The van der Waals surface area contributed by atoms with Crippen LogP contribution in [0.5, 0.6) is 0 Å². The molecule has 1 nitrogen and oxygen atoms in total. The monoisotopic (exact) mass is 682 g/mol. The fourth-order valence-corrected chi connectivity index (χ4v) is 9.02. The van der Waals surface area contributed by atoms with Crippen molar-refractivity contribution in [3.8, 4) is 44.5 Å². The normalized spacial score (nSPS) is 11.7. The van der Waals surface area contributed by atoms with E-state index in [2.05, 4.69) is 185 Å². The van der Waals surface area contributed by atoms with Gasteiger partial charge in [-0.05, 0) is 107 Å². The summed E-state index contributed by atoms with van der Waals surface area (Å²) < 4.78 is 6.23. The molecule has 0 aliphatic carbocycles. The molecule has 10 rings (SSSR count). The van der Waals surface area contributed by atoms with Gasteiger partial charge in [-0.15, -0.1) is 16.4 Å². The number of fused-ring (bicyclic) bond motifs is 6. The van der Waals surface area contributed by atoms with Crippen LogP contribution in [0.1, 0.15) is 0 Å². The summed E-state index contributed by atoms with van der Waals surface area (Å²) >= 11 is 0. The van der Waals surface area contributed by atoms with Crippen LogP contribution in [0.4, 0.5) is 0 Å². The lowest BCUT2D eigenvalue weighted by Gasteiger charge is -2.25. The Balaban J connectivity index is 1.35. The van der Waals surface area contributed by atoms with Crippen molar-refractivity contribution in [2.24, 2.45) is 0 Å². The second-order valence-electron chi connectivity index (χ2n) is 15.0. The second kappa shape index (κ2) is 12.5. The molecule has 248 valence electrons. The van der Waals surface area contributed by atoms with E-state index in [1.165, 1.54) is 104 Å². The Labute approximate surface area is 320 Å². The summed E-state index contributed by atoms with van der Waals surface area (Å²) in [5.41, 5.74) is 18.6. The van der Waals surface area contributed by atoms with Gasteiger partial charge in [0.2, 0.25) is 0 Å². The first-order valence-corrected chi connectivity index (χ1v) is 18.9. The van der Waals surface area contributed by atoms with Gasteiger partial charge in [-0.3, -0.25) is 0 Å². The van der Waals surface area contributed by atoms with E-state index in [9.17, 15) is 0 Å². The summed E-state index contributed by atoms with van der Waals surface area (Å²) in [4.78, 5) is 0. The minimum absolute atomic E-state index is 0.914. The SMILES string of the molecule is Bc1c(B)c(B)c(-c2c3ccc(-c4cccc5ccccc45)cc3c(-c3ccccc3)c3ccc(-c4ccc5oc6ccccc6c5c4)cc23)c(B)c1B. The van der Waals surface area contributed by atoms with Gasteiger partial charge in [-0.1, -0.05) is 132 Å². The highest BCUT2D eigenvalue weighted by atomic mass is 16.3. The van der Waals surface area contributed by atoms with Crippen molar-refractivity contribution in [3.63, 3.8) is 0 Å². The Kier molecular flexibility index (Phi) is 7.53. The molecule has 0 atom stereocenters. The van der Waals surface area contributed by atoms with Crippen LogP contribution in [0.2, 0.25) is 0 Å². The van der Waals surface area contributed by atoms with Gasteiger partial charge in [0.25, 0.3) is 0 Å². The van der Waals surface area contributed by atoms with Crippen LogP contribution in [-0.4, -0.2) is 39.2 Å². The van der Waals surface area contributed by atoms with Crippen molar-refractivity contribution >= 4 is 121 Å². The van der Waals surface area contributed by atoms with E-state index < -0.39 is 0 Å². The fraction of sp³-hybridized carbons (Fsp3) is 0. The van der Waals surface area contributed by atoms with Crippen LogP contribution in [0.3, 0.4) is 0 Å². The predicted molar refractivity (Wildman–Crippen MR) is 249 cm³/mol. The second-order valence-corrected chi connectivity index (χ2v) is 15.0. The third kappa shape index (κ3) is 4.93. The molecule has 0 radical (unpaired) electrons. The summed E-state index contributed by atoms with van der Waals surface area (Å²) in [5.74, 6) is 0. The largest absolute Gasteiger partial charge is 0.456 e. The van der Waals surface area contributed by atoms with Crippen molar-refractivity contribution in [3.05, 3.63) is 152 Å². The van der Waals surface area contributed by atoms with Crippen molar-refractivity contribution in [1.29, 1.82) is 0 Å². The molecule has 1 heterocycles. The zero-order valence-electron chi connectivity index (χ0n) is 31.3. The first-order valence-electron chi connectivity index (χ1n) is 18.9. The van der Waals surface area contributed by atoms with Crippen LogP contribution in [0.15, 0.2) is 156 Å². The molecule has 0 fully saturated rings. The van der Waals surface area contributed by atoms with Gasteiger partial charge in [-0.2, -0.15) is 0 Å². The molecule has 0 aliphatic heterocycles. The number of hydrogen-bond donors (Lipinski definition) is 0. The number of benzene rings is 9. The Morgan fingerprint density at radius 3 is 1.61 bits per heavy atom. The molecule has 0 unspecified atom stereocenters. The van der Waals surface area contributed by atoms with E-state index in [0.717, 1.165) is 21.9 Å². The van der Waals surface area contributed by atoms with Crippen molar-refractivity contribution in [1.82, 2.24) is 0 Å². The minimum Gasteiger partial charge on any atom is -0.456 e. The third-order valence-electron chi connectivity index (χ3n) is 12.2. The summed E-state index contributed by atoms with van der Waals surface area (Å²) in [6.45, 7) is 0. The Bertz CT molecular complexity index is 3130. The van der Waals surface area contributed by atoms with Gasteiger partial charge in [0.05, 0.1) is 0 Å². The van der Waals surface area contributed by atoms with Crippen molar-refractivity contribution in [2.75, 3.05) is 0 Å². The molecule has 1 aromatic heterocycles. The molecule has 0 aliphatic rings. The molecule has 54 heavy (non-hydrogen) atoms. The third-order valence-corrected chi connectivity index (χ3v) is 12.2. The molecule has 0 saturated carbocycles. The lowest BCUT2D eigenvalue weighted by molar-refractivity contribution is 0.669. The highest BCUT2D eigenvalue weighted by molar-refractivity contribution is 6.69. The molecule has 0 spiro atoms. The van der Waals surface area contributed by atoms with Gasteiger partial charge in [0.1, 0.15) is 50.4 Å². The molecule has 0 amide bonds. The van der Waals surface area contributed by atoms with Crippen LogP contribution >= 0.6 is 0 Å². The van der Waals surface area contributed by atoms with Crippen molar-refractivity contribution < 1.29 is 4.42 Å². The average Bonchev–Trinajstić information content (AvgIpc) is 3.60. The maximum Gasteiger partial charge on any atom is 0.139 e. The van der Waals surface area contributed by atoms with E-state index >= 15 is 0 Å². The van der Waals surface area contributed by atoms with E-state index in [1.807, 2.05) is 6.07 Å². The van der Waals surface area contributed by atoms with Gasteiger partial charge >= 0.3 is 0 Å². The molecule has 9 aromatic carbocycles. The van der Waals surface area contributed by atoms with Gasteiger partial charge in [0.15, 0.2) is 0 Å². The molecular weight excluding hydrogens is 647 g/mol. The predicted octanol–water partition coefficient (Wildman–Crippen LogP) is 5.01. The first kappa shape index (κ1) is 32.5. The summed E-state index contributed by atoms with van der Waals surface area (Å²) in [7, 11) is 11.5. The summed E-state index contributed by atoms with van der Waals surface area (Å²) in [5, 5.41) is 9.87. The zero-order valence-corrected chi connectivity index (χ0v) is 31.3. The highest BCUT2D eigenvalue weighted by Gasteiger charge is 2.22. The average molecular weight is 682 g/mol. The molecule has 0 N–H and O–H groups in total. The maximum absolute atomic E-state index is 6.23. The molecule has 10 aromatic rings. The van der Waals surface area contributed by atoms with Gasteiger partial charge < -0.3 is 4.42 Å². The molecule has 0 saturated heterocycles. The molecule has 6 heteroatoms. The Morgan fingerprint density at radius 1 is 0.296 bits per heavy atom. The Morgan fingerprint density at radius 2 is 0.833 bits per heavy atom. The van der Waals surface area contributed by atoms with E-state index in [1.54, 1.807) is 0 Å². The maximum atomic E-state index is 6.23. The lowest BCUT2D eigenvalue weighted by Crippen LogP contribution is -2.55. The topological polar surface area (TPSA) is 13.1 Å². The molecular formula is C48H35B5O. The first-order chi connectivity index (χ1) is 26.4. The number of rotatable bonds is 4. The molecule has 0 bridgehead atoms. The van der Waals surface area contributed by atoms with Crippen LogP contribution in [-0.2, 0) is 0 Å². The standard InChI is InChI=1S/C48H35B5O/c49-44-43(45(50)47(52)48(53)46(44)51)42-35-21-18-30(32-15-8-12-26-9-4-5-13-31(26)32)25-37(35)41(27-10-2-1-3-11-27)34-20-17-28(24-38(34)42)29-19-22-40-36(23-29)33-14-6-7-16-39(33)54-40/h1-25H,49-53H2. The Hall–Kier alpha value is -6.12. The number of para-hydroxylation sites is 1. The minimum atomic E-state index is 0.914. The van der Waals surface area contributed by atoms with Gasteiger partial charge in [-0.25, -0.2) is 0 Å². The lowest BCUT2D eigenvalue weighted by atomic mass is 9.59. The van der Waals surface area contributed by atoms with E-state index in [-0.39, 0.29) is 0 Å². The van der Waals surface area contributed by atoms with Crippen LogP contribution < -0.4 is 27.3 Å². The number of furan rings is 1.